The normalized spacial score (nSPS) is 14.4. The molecule has 2 rings (SSSR count). The maximum Gasteiger partial charge on any atom is 0.343 e. The molecule has 0 atom stereocenters. The van der Waals surface area contributed by atoms with Gasteiger partial charge in [0.15, 0.2) is 5.75 Å². The maximum atomic E-state index is 13.9. The number of hydrogen-bond donors (Lipinski definition) is 1. The molecule has 0 heterocycles. The van der Waals surface area contributed by atoms with Gasteiger partial charge in [-0.3, -0.25) is 4.79 Å². The van der Waals surface area contributed by atoms with Crippen LogP contribution in [-0.2, 0) is 9.53 Å². The van der Waals surface area contributed by atoms with Crippen molar-refractivity contribution < 1.29 is 23.5 Å². The third-order valence-corrected chi connectivity index (χ3v) is 3.98. The zero-order valence-corrected chi connectivity index (χ0v) is 13.9. The Morgan fingerprint density at radius 2 is 1.96 bits per heavy atom. The number of methoxy groups -OCH3 is 2. The molecule has 0 saturated heterocycles. The molecule has 1 aromatic carbocycles. The van der Waals surface area contributed by atoms with Crippen LogP contribution in [0.1, 0.15) is 23.2 Å². The number of nitrogens with one attached hydrogen (secondary N) is 1. The van der Waals surface area contributed by atoms with Gasteiger partial charge in [0.25, 0.3) is 0 Å². The lowest BCUT2D eigenvalue weighted by atomic mass is 10.0. The first kappa shape index (κ1) is 17.6. The van der Waals surface area contributed by atoms with Gasteiger partial charge in [-0.15, -0.1) is 0 Å². The Morgan fingerprint density at radius 3 is 2.48 bits per heavy atom. The summed E-state index contributed by atoms with van der Waals surface area (Å²) in [4.78, 5) is 24.4. The lowest BCUT2D eigenvalue weighted by Gasteiger charge is -2.12. The van der Waals surface area contributed by atoms with E-state index in [0.717, 1.165) is 26.0 Å². The minimum atomic E-state index is -0.879. The molecule has 8 heteroatoms. The Kier molecular flexibility index (Phi) is 5.49. The molecule has 1 saturated carbocycles. The van der Waals surface area contributed by atoms with Crippen LogP contribution in [0.15, 0.2) is 17.8 Å². The Bertz CT molecular complexity index is 687. The van der Waals surface area contributed by atoms with Crippen molar-refractivity contribution in [1.29, 1.82) is 0 Å². The van der Waals surface area contributed by atoms with Crippen LogP contribution in [0.25, 0.3) is 0 Å². The smallest absolute Gasteiger partial charge is 0.343 e. The van der Waals surface area contributed by atoms with Crippen LogP contribution in [-0.4, -0.2) is 32.0 Å². The highest BCUT2D eigenvalue weighted by Crippen LogP contribution is 2.38. The van der Waals surface area contributed by atoms with Crippen LogP contribution in [0, 0.1) is 5.82 Å². The van der Waals surface area contributed by atoms with Crippen LogP contribution in [0.3, 0.4) is 0 Å². The van der Waals surface area contributed by atoms with Crippen LogP contribution >= 0.6 is 23.2 Å². The van der Waals surface area contributed by atoms with Crippen molar-refractivity contribution >= 4 is 35.0 Å². The number of Topliss-reactive ketones (excluding diaryl/α,β-unsaturated/α-hetero) is 1. The predicted molar refractivity (Wildman–Crippen MR) is 83.6 cm³/mol. The number of esters is 1. The molecular formula is C15H14Cl2FNO4. The molecule has 1 aliphatic rings. The number of rotatable bonds is 6. The summed E-state index contributed by atoms with van der Waals surface area (Å²) in [6, 6.07) is 1.08. The molecular weight excluding hydrogens is 348 g/mol. The fourth-order valence-corrected chi connectivity index (χ4v) is 2.43. The lowest BCUT2D eigenvalue weighted by molar-refractivity contribution is -0.135. The summed E-state index contributed by atoms with van der Waals surface area (Å²) >= 11 is 11.8. The Hall–Kier alpha value is -1.79. The van der Waals surface area contributed by atoms with Gasteiger partial charge >= 0.3 is 5.97 Å². The Labute approximate surface area is 142 Å². The highest BCUT2D eigenvalue weighted by atomic mass is 35.5. The second kappa shape index (κ2) is 7.19. The molecule has 0 bridgehead atoms. The molecule has 1 aliphatic carbocycles. The highest BCUT2D eigenvalue weighted by Gasteiger charge is 2.28. The molecule has 0 aliphatic heterocycles. The summed E-state index contributed by atoms with van der Waals surface area (Å²) in [5.74, 6) is -2.69. The van der Waals surface area contributed by atoms with E-state index in [2.05, 4.69) is 10.1 Å². The summed E-state index contributed by atoms with van der Waals surface area (Å²) in [5, 5.41) is 2.40. The topological polar surface area (TPSA) is 64.6 Å². The number of hydrogen-bond acceptors (Lipinski definition) is 5. The third-order valence-electron chi connectivity index (χ3n) is 3.26. The molecule has 1 N–H and O–H groups in total. The van der Waals surface area contributed by atoms with E-state index in [4.69, 9.17) is 27.9 Å². The van der Waals surface area contributed by atoms with E-state index in [1.165, 1.54) is 13.3 Å². The Balaban J connectivity index is 2.45. The molecule has 0 spiro atoms. The monoisotopic (exact) mass is 361 g/mol. The number of ketones is 1. The van der Waals surface area contributed by atoms with Crippen LogP contribution < -0.4 is 10.1 Å². The van der Waals surface area contributed by atoms with Gasteiger partial charge in [-0.25, -0.2) is 9.18 Å². The average Bonchev–Trinajstić information content (AvgIpc) is 3.35. The minimum Gasteiger partial charge on any atom is -0.493 e. The highest BCUT2D eigenvalue weighted by molar-refractivity contribution is 6.41. The van der Waals surface area contributed by atoms with Gasteiger partial charge in [-0.1, -0.05) is 23.2 Å². The summed E-state index contributed by atoms with van der Waals surface area (Å²) in [5.41, 5.74) is -0.523. The summed E-state index contributed by atoms with van der Waals surface area (Å²) in [7, 11) is 2.39. The third kappa shape index (κ3) is 3.76. The lowest BCUT2D eigenvalue weighted by Crippen LogP contribution is -2.20. The predicted octanol–water partition coefficient (Wildman–Crippen LogP) is 3.13. The number of benzene rings is 1. The molecule has 23 heavy (non-hydrogen) atoms. The Morgan fingerprint density at radius 1 is 1.30 bits per heavy atom. The van der Waals surface area contributed by atoms with Crippen LogP contribution in [0.2, 0.25) is 10.0 Å². The van der Waals surface area contributed by atoms with Crippen LogP contribution in [0.5, 0.6) is 5.75 Å². The molecule has 0 amide bonds. The standard InChI is InChI=1S/C15H14Cl2FNO4/c1-22-14-11(16)8(5-10(18)12(14)17)13(20)9(15(21)23-2)6-19-7-3-4-7/h5-7,19H,3-4H2,1-2H3/b9-6-. The van der Waals surface area contributed by atoms with E-state index in [9.17, 15) is 14.0 Å². The van der Waals surface area contributed by atoms with Crippen molar-refractivity contribution in [2.24, 2.45) is 0 Å². The van der Waals surface area contributed by atoms with Gasteiger partial charge < -0.3 is 14.8 Å². The fourth-order valence-electron chi connectivity index (χ4n) is 1.85. The van der Waals surface area contributed by atoms with Crippen molar-refractivity contribution in [2.45, 2.75) is 18.9 Å². The number of carbonyl (C=O) groups is 2. The largest absolute Gasteiger partial charge is 0.493 e. The molecule has 1 fully saturated rings. The van der Waals surface area contributed by atoms with E-state index in [0.29, 0.717) is 0 Å². The van der Waals surface area contributed by atoms with Crippen molar-refractivity contribution in [3.63, 3.8) is 0 Å². The molecule has 0 radical (unpaired) electrons. The molecule has 5 nitrogen and oxygen atoms in total. The zero-order chi connectivity index (χ0) is 17.1. The number of halogens is 3. The van der Waals surface area contributed by atoms with Gasteiger partial charge in [-0.05, 0) is 18.9 Å². The van der Waals surface area contributed by atoms with Crippen molar-refractivity contribution in [2.75, 3.05) is 14.2 Å². The van der Waals surface area contributed by atoms with Gasteiger partial charge in [0.05, 0.1) is 19.2 Å². The van der Waals surface area contributed by atoms with E-state index in [1.54, 1.807) is 0 Å². The second-order valence-corrected chi connectivity index (χ2v) is 5.64. The quantitative estimate of drug-likeness (QED) is 0.210. The fraction of sp³-hybridized carbons (Fsp3) is 0.333. The zero-order valence-electron chi connectivity index (χ0n) is 12.4. The summed E-state index contributed by atoms with van der Waals surface area (Å²) < 4.78 is 23.4. The van der Waals surface area contributed by atoms with Crippen LogP contribution in [0.4, 0.5) is 4.39 Å². The van der Waals surface area contributed by atoms with Gasteiger partial charge in [0.1, 0.15) is 16.4 Å². The van der Waals surface area contributed by atoms with E-state index in [-0.39, 0.29) is 33.0 Å². The molecule has 1 aromatic rings. The van der Waals surface area contributed by atoms with Crippen molar-refractivity contribution in [3.8, 4) is 5.75 Å². The first-order chi connectivity index (χ1) is 10.9. The molecule has 0 aromatic heterocycles. The second-order valence-electron chi connectivity index (χ2n) is 4.89. The molecule has 124 valence electrons. The van der Waals surface area contributed by atoms with Gasteiger partial charge in [-0.2, -0.15) is 0 Å². The van der Waals surface area contributed by atoms with Crippen molar-refractivity contribution in [3.05, 3.63) is 39.3 Å². The van der Waals surface area contributed by atoms with E-state index >= 15 is 0 Å². The minimum absolute atomic E-state index is 0.170. The first-order valence-electron chi connectivity index (χ1n) is 6.71. The van der Waals surface area contributed by atoms with Gasteiger partial charge in [0.2, 0.25) is 5.78 Å². The van der Waals surface area contributed by atoms with Gasteiger partial charge in [0, 0.05) is 17.8 Å². The maximum absolute atomic E-state index is 13.9. The van der Waals surface area contributed by atoms with Crippen molar-refractivity contribution in [1.82, 2.24) is 5.32 Å². The van der Waals surface area contributed by atoms with E-state index < -0.39 is 17.6 Å². The van der Waals surface area contributed by atoms with E-state index in [1.807, 2.05) is 0 Å². The number of carbonyl (C=O) groups excluding carboxylic acids is 2. The first-order valence-corrected chi connectivity index (χ1v) is 7.47. The SMILES string of the molecule is COC(=O)/C(=C\NC1CC1)C(=O)c1cc(F)c(Cl)c(OC)c1Cl. The molecule has 0 unspecified atom stereocenters. The summed E-state index contributed by atoms with van der Waals surface area (Å²) in [6.07, 6.45) is 3.16. The summed E-state index contributed by atoms with van der Waals surface area (Å²) in [6.45, 7) is 0. The average molecular weight is 362 g/mol. The number of ether oxygens (including phenoxy) is 2.